The van der Waals surface area contributed by atoms with Crippen molar-refractivity contribution in [1.29, 1.82) is 0 Å². The molecule has 0 aromatic rings. The van der Waals surface area contributed by atoms with Gasteiger partial charge in [0.2, 0.25) is 5.91 Å². The average molecular weight is 816 g/mol. The molecule has 0 aromatic heterocycles. The fraction of sp³-hybridized carbons (Fsp3) is 0.907. The largest absolute Gasteiger partial charge is 0.394 e. The number of allylic oxidation sites excluding steroid dienone is 4. The summed E-state index contributed by atoms with van der Waals surface area (Å²) in [5, 5.41) is 23.3. The third kappa shape index (κ3) is 45.9. The highest BCUT2D eigenvalue weighted by Gasteiger charge is 2.20. The van der Waals surface area contributed by atoms with E-state index in [4.69, 9.17) is 0 Å². The maximum absolute atomic E-state index is 12.5. The van der Waals surface area contributed by atoms with E-state index in [0.717, 1.165) is 38.5 Å². The molecule has 0 spiro atoms. The van der Waals surface area contributed by atoms with Crippen molar-refractivity contribution >= 4 is 5.91 Å². The number of hydrogen-bond donors (Lipinski definition) is 3. The number of amides is 1. The first-order valence-corrected chi connectivity index (χ1v) is 26.5. The molecule has 0 heterocycles. The third-order valence-electron chi connectivity index (χ3n) is 12.5. The minimum Gasteiger partial charge on any atom is -0.394 e. The first kappa shape index (κ1) is 56.9. The van der Waals surface area contributed by atoms with E-state index in [1.165, 1.54) is 231 Å². The number of aliphatic hydroxyl groups excluding tert-OH is 2. The zero-order chi connectivity index (χ0) is 42.1. The van der Waals surface area contributed by atoms with Gasteiger partial charge in [-0.25, -0.2) is 0 Å². The van der Waals surface area contributed by atoms with E-state index in [2.05, 4.69) is 43.5 Å². The zero-order valence-corrected chi connectivity index (χ0v) is 39.6. The van der Waals surface area contributed by atoms with E-state index in [-0.39, 0.29) is 12.5 Å². The van der Waals surface area contributed by atoms with Gasteiger partial charge in [-0.15, -0.1) is 0 Å². The number of nitrogens with one attached hydrogen (secondary N) is 1. The lowest BCUT2D eigenvalue weighted by molar-refractivity contribution is -0.123. The normalized spacial score (nSPS) is 13.0. The van der Waals surface area contributed by atoms with Gasteiger partial charge >= 0.3 is 0 Å². The lowest BCUT2D eigenvalue weighted by Crippen LogP contribution is -2.45. The second kappa shape index (κ2) is 50.2. The Bertz CT molecular complexity index is 840. The Morgan fingerprint density at radius 2 is 0.759 bits per heavy atom. The van der Waals surface area contributed by atoms with Crippen LogP contribution in [-0.2, 0) is 4.79 Å². The molecule has 0 aliphatic rings. The summed E-state index contributed by atoms with van der Waals surface area (Å²) in [6.45, 7) is 4.29. The van der Waals surface area contributed by atoms with Crippen LogP contribution in [0, 0.1) is 0 Å². The number of carbonyl (C=O) groups is 1. The molecule has 0 aliphatic heterocycles. The second-order valence-electron chi connectivity index (χ2n) is 18.3. The number of hydrogen-bond acceptors (Lipinski definition) is 3. The standard InChI is InChI=1S/C54H105NO3/c1-3-5-7-9-11-13-15-17-19-21-23-25-26-27-28-30-31-33-35-37-39-41-43-45-47-49-53(57)52(51-56)55-54(58)50-48-46-44-42-40-38-36-34-32-29-24-22-20-18-16-14-12-10-8-6-4-2/h6,8,12,14,52-53,56-57H,3-5,7,9-11,13,15-51H2,1-2H3,(H,55,58)/b8-6-,14-12-. The van der Waals surface area contributed by atoms with E-state index < -0.39 is 12.1 Å². The topological polar surface area (TPSA) is 69.6 Å². The molecule has 0 bridgehead atoms. The van der Waals surface area contributed by atoms with Crippen molar-refractivity contribution in [3.63, 3.8) is 0 Å². The molecule has 0 rings (SSSR count). The molecule has 58 heavy (non-hydrogen) atoms. The summed E-state index contributed by atoms with van der Waals surface area (Å²) in [5.41, 5.74) is 0. The fourth-order valence-electron chi connectivity index (χ4n) is 8.46. The molecule has 4 nitrogen and oxygen atoms in total. The minimum atomic E-state index is -0.658. The molecule has 0 saturated carbocycles. The van der Waals surface area contributed by atoms with Crippen LogP contribution in [0.3, 0.4) is 0 Å². The molecule has 344 valence electrons. The van der Waals surface area contributed by atoms with Crippen molar-refractivity contribution in [2.75, 3.05) is 6.61 Å². The predicted molar refractivity (Wildman–Crippen MR) is 258 cm³/mol. The van der Waals surface area contributed by atoms with E-state index >= 15 is 0 Å². The monoisotopic (exact) mass is 816 g/mol. The molecule has 0 aliphatic carbocycles. The van der Waals surface area contributed by atoms with Gasteiger partial charge in [0.1, 0.15) is 0 Å². The Morgan fingerprint density at radius 3 is 1.12 bits per heavy atom. The Labute approximate surface area is 364 Å². The molecule has 2 atom stereocenters. The fourth-order valence-corrected chi connectivity index (χ4v) is 8.46. The molecule has 0 aromatic carbocycles. The van der Waals surface area contributed by atoms with Crippen LogP contribution in [0.15, 0.2) is 24.3 Å². The second-order valence-corrected chi connectivity index (χ2v) is 18.3. The molecule has 0 fully saturated rings. The van der Waals surface area contributed by atoms with Crippen LogP contribution < -0.4 is 5.32 Å². The quantitative estimate of drug-likeness (QED) is 0.0423. The van der Waals surface area contributed by atoms with E-state index in [1.807, 2.05) is 0 Å². The molecule has 1 amide bonds. The summed E-state index contributed by atoms with van der Waals surface area (Å²) in [4.78, 5) is 12.5. The number of unbranched alkanes of at least 4 members (excludes halogenated alkanes) is 38. The lowest BCUT2D eigenvalue weighted by atomic mass is 10.0. The first-order valence-electron chi connectivity index (χ1n) is 26.5. The number of aliphatic hydroxyl groups is 2. The molecule has 0 saturated heterocycles. The molecule has 2 unspecified atom stereocenters. The SMILES string of the molecule is CC/C=C\C/C=C\CCCCCCCCCCCCCCCCC(=O)NC(CO)C(O)CCCCCCCCCCCCCCCCCCCCCCCCCCC. The maximum Gasteiger partial charge on any atom is 0.220 e. The summed E-state index contributed by atoms with van der Waals surface area (Å²) in [7, 11) is 0. The van der Waals surface area contributed by atoms with E-state index in [1.54, 1.807) is 0 Å². The van der Waals surface area contributed by atoms with Crippen molar-refractivity contribution in [2.24, 2.45) is 0 Å². The molecular formula is C54H105NO3. The van der Waals surface area contributed by atoms with Gasteiger partial charge in [-0.1, -0.05) is 276 Å². The van der Waals surface area contributed by atoms with Gasteiger partial charge in [-0.05, 0) is 38.5 Å². The summed E-state index contributed by atoms with van der Waals surface area (Å²) in [6.07, 6.45) is 65.8. The van der Waals surface area contributed by atoms with Crippen molar-refractivity contribution in [2.45, 2.75) is 309 Å². The zero-order valence-electron chi connectivity index (χ0n) is 39.6. The molecule has 3 N–H and O–H groups in total. The minimum absolute atomic E-state index is 0.0276. The number of rotatable bonds is 49. The predicted octanol–water partition coefficient (Wildman–Crippen LogP) is 17.1. The summed E-state index contributed by atoms with van der Waals surface area (Å²) >= 11 is 0. The van der Waals surface area contributed by atoms with Crippen LogP contribution in [0.1, 0.15) is 296 Å². The van der Waals surface area contributed by atoms with Crippen molar-refractivity contribution in [3.8, 4) is 0 Å². The Hall–Kier alpha value is -1.13. The van der Waals surface area contributed by atoms with Crippen LogP contribution in [0.2, 0.25) is 0 Å². The Kier molecular flexibility index (Phi) is 49.2. The van der Waals surface area contributed by atoms with Gasteiger partial charge in [0.05, 0.1) is 18.8 Å². The van der Waals surface area contributed by atoms with Gasteiger partial charge in [-0.2, -0.15) is 0 Å². The van der Waals surface area contributed by atoms with Gasteiger partial charge in [0, 0.05) is 6.42 Å². The third-order valence-corrected chi connectivity index (χ3v) is 12.5. The van der Waals surface area contributed by atoms with E-state index in [9.17, 15) is 15.0 Å². The van der Waals surface area contributed by atoms with Crippen LogP contribution >= 0.6 is 0 Å². The molecular weight excluding hydrogens is 711 g/mol. The summed E-state index contributed by atoms with van der Waals surface area (Å²) in [6, 6.07) is -0.535. The van der Waals surface area contributed by atoms with Crippen LogP contribution in [0.4, 0.5) is 0 Å². The maximum atomic E-state index is 12.5. The average Bonchev–Trinajstić information content (AvgIpc) is 3.23. The summed E-state index contributed by atoms with van der Waals surface area (Å²) < 4.78 is 0. The Morgan fingerprint density at radius 1 is 0.431 bits per heavy atom. The van der Waals surface area contributed by atoms with Crippen LogP contribution in [-0.4, -0.2) is 34.9 Å². The smallest absolute Gasteiger partial charge is 0.220 e. The highest BCUT2D eigenvalue weighted by atomic mass is 16.3. The van der Waals surface area contributed by atoms with Crippen LogP contribution in [0.5, 0.6) is 0 Å². The number of carbonyl (C=O) groups excluding carboxylic acids is 1. The van der Waals surface area contributed by atoms with Gasteiger partial charge in [0.15, 0.2) is 0 Å². The van der Waals surface area contributed by atoms with Crippen molar-refractivity contribution < 1.29 is 15.0 Å². The highest BCUT2D eigenvalue weighted by molar-refractivity contribution is 5.76. The molecule has 0 radical (unpaired) electrons. The summed E-state index contributed by atoms with van der Waals surface area (Å²) in [5.74, 6) is -0.0276. The van der Waals surface area contributed by atoms with Gasteiger partial charge in [0.25, 0.3) is 0 Å². The first-order chi connectivity index (χ1) is 28.7. The van der Waals surface area contributed by atoms with Crippen molar-refractivity contribution in [1.82, 2.24) is 5.32 Å². The lowest BCUT2D eigenvalue weighted by Gasteiger charge is -2.22. The Balaban J connectivity index is 3.43. The highest BCUT2D eigenvalue weighted by Crippen LogP contribution is 2.18. The van der Waals surface area contributed by atoms with Crippen molar-refractivity contribution in [3.05, 3.63) is 24.3 Å². The van der Waals surface area contributed by atoms with Crippen LogP contribution in [0.25, 0.3) is 0 Å². The van der Waals surface area contributed by atoms with E-state index in [0.29, 0.717) is 12.8 Å². The van der Waals surface area contributed by atoms with Gasteiger partial charge < -0.3 is 15.5 Å². The molecule has 4 heteroatoms. The van der Waals surface area contributed by atoms with Gasteiger partial charge in [-0.3, -0.25) is 4.79 Å².